The highest BCUT2D eigenvalue weighted by molar-refractivity contribution is 5.48. The molecule has 0 aliphatic carbocycles. The van der Waals surface area contributed by atoms with E-state index in [1.807, 2.05) is 30.3 Å². The van der Waals surface area contributed by atoms with Gasteiger partial charge in [0.1, 0.15) is 0 Å². The number of hydrogen-bond acceptors (Lipinski definition) is 5. The summed E-state index contributed by atoms with van der Waals surface area (Å²) >= 11 is 0. The van der Waals surface area contributed by atoms with Crippen LogP contribution in [-0.2, 0) is 0 Å². The lowest BCUT2D eigenvalue weighted by Crippen LogP contribution is -2.02. The highest BCUT2D eigenvalue weighted by atomic mass is 16.6. The summed E-state index contributed by atoms with van der Waals surface area (Å²) in [7, 11) is 0. The van der Waals surface area contributed by atoms with Gasteiger partial charge in [-0.3, -0.25) is 10.1 Å². The molecule has 0 radical (unpaired) electrons. The van der Waals surface area contributed by atoms with Crippen LogP contribution < -0.4 is 5.32 Å². The molecule has 0 spiro atoms. The van der Waals surface area contributed by atoms with Crippen LogP contribution in [0.5, 0.6) is 0 Å². The molecule has 0 saturated heterocycles. The SMILES string of the molecule is O=[N+]([O-])c1ccc(NCCCCN=Nc2ccccc2)cc1. The fourth-order valence-corrected chi connectivity index (χ4v) is 1.87. The molecule has 0 atom stereocenters. The molecule has 6 heteroatoms. The van der Waals surface area contributed by atoms with Gasteiger partial charge in [0.15, 0.2) is 0 Å². The van der Waals surface area contributed by atoms with E-state index < -0.39 is 4.92 Å². The first kappa shape index (κ1) is 15.6. The quantitative estimate of drug-likeness (QED) is 0.335. The summed E-state index contributed by atoms with van der Waals surface area (Å²) in [6.07, 6.45) is 1.90. The molecule has 6 nitrogen and oxygen atoms in total. The number of nitrogens with one attached hydrogen (secondary N) is 1. The van der Waals surface area contributed by atoms with Crippen LogP contribution in [-0.4, -0.2) is 18.0 Å². The summed E-state index contributed by atoms with van der Waals surface area (Å²) in [6.45, 7) is 1.50. The Hall–Kier alpha value is -2.76. The first-order valence-electron chi connectivity index (χ1n) is 7.16. The Kier molecular flexibility index (Phi) is 6.04. The van der Waals surface area contributed by atoms with Crippen molar-refractivity contribution < 1.29 is 4.92 Å². The molecule has 0 saturated carbocycles. The average Bonchev–Trinajstić information content (AvgIpc) is 2.55. The van der Waals surface area contributed by atoms with Crippen LogP contribution in [0.15, 0.2) is 64.8 Å². The first-order valence-corrected chi connectivity index (χ1v) is 7.16. The fourth-order valence-electron chi connectivity index (χ4n) is 1.87. The molecule has 0 heterocycles. The fraction of sp³-hybridized carbons (Fsp3) is 0.250. The van der Waals surface area contributed by atoms with Gasteiger partial charge in [-0.1, -0.05) is 18.2 Å². The average molecular weight is 298 g/mol. The number of anilines is 1. The summed E-state index contributed by atoms with van der Waals surface area (Å²) in [6, 6.07) is 16.1. The van der Waals surface area contributed by atoms with Gasteiger partial charge in [0.25, 0.3) is 5.69 Å². The number of benzene rings is 2. The van der Waals surface area contributed by atoms with E-state index in [1.165, 1.54) is 12.1 Å². The van der Waals surface area contributed by atoms with Crippen molar-refractivity contribution >= 4 is 17.1 Å². The third-order valence-electron chi connectivity index (χ3n) is 3.03. The smallest absolute Gasteiger partial charge is 0.269 e. The number of nitro benzene ring substituents is 1. The molecule has 0 fully saturated rings. The van der Waals surface area contributed by atoms with Gasteiger partial charge in [-0.25, -0.2) is 0 Å². The van der Waals surface area contributed by atoms with E-state index in [9.17, 15) is 10.1 Å². The largest absolute Gasteiger partial charge is 0.385 e. The Morgan fingerprint density at radius 3 is 2.41 bits per heavy atom. The van der Waals surface area contributed by atoms with E-state index in [4.69, 9.17) is 0 Å². The zero-order valence-electron chi connectivity index (χ0n) is 12.2. The van der Waals surface area contributed by atoms with E-state index in [0.717, 1.165) is 30.8 Å². The van der Waals surface area contributed by atoms with Crippen molar-refractivity contribution in [2.24, 2.45) is 10.2 Å². The zero-order chi connectivity index (χ0) is 15.6. The molecule has 2 aromatic carbocycles. The second kappa shape index (κ2) is 8.51. The summed E-state index contributed by atoms with van der Waals surface area (Å²) in [5.41, 5.74) is 1.86. The predicted molar refractivity (Wildman–Crippen MR) is 86.6 cm³/mol. The van der Waals surface area contributed by atoms with Gasteiger partial charge in [0.05, 0.1) is 17.2 Å². The maximum atomic E-state index is 10.5. The monoisotopic (exact) mass is 298 g/mol. The van der Waals surface area contributed by atoms with Crippen LogP contribution in [0.25, 0.3) is 0 Å². The van der Waals surface area contributed by atoms with E-state index in [1.54, 1.807) is 12.1 Å². The molecule has 2 aromatic rings. The third kappa shape index (κ3) is 5.32. The van der Waals surface area contributed by atoms with Crippen LogP contribution in [0.1, 0.15) is 12.8 Å². The Balaban J connectivity index is 1.61. The number of azo groups is 1. The lowest BCUT2D eigenvalue weighted by atomic mass is 10.2. The number of rotatable bonds is 8. The molecule has 0 aliphatic heterocycles. The number of nitrogens with zero attached hydrogens (tertiary/aromatic N) is 3. The van der Waals surface area contributed by atoms with Crippen molar-refractivity contribution in [1.82, 2.24) is 0 Å². The van der Waals surface area contributed by atoms with Crippen LogP contribution >= 0.6 is 0 Å². The standard InChI is InChI=1S/C16H18N4O2/c21-20(22)16-10-8-14(9-11-16)17-12-4-5-13-18-19-15-6-2-1-3-7-15/h1-3,6-11,17H,4-5,12-13H2. The molecule has 0 unspecified atom stereocenters. The molecule has 0 aliphatic rings. The summed E-state index contributed by atoms with van der Waals surface area (Å²) < 4.78 is 0. The molecule has 0 amide bonds. The minimum atomic E-state index is -0.401. The topological polar surface area (TPSA) is 79.9 Å². The summed E-state index contributed by atoms with van der Waals surface area (Å²) in [5.74, 6) is 0. The van der Waals surface area contributed by atoms with Crippen molar-refractivity contribution in [1.29, 1.82) is 0 Å². The van der Waals surface area contributed by atoms with Crippen molar-refractivity contribution in [2.75, 3.05) is 18.4 Å². The molecule has 0 bridgehead atoms. The highest BCUT2D eigenvalue weighted by Crippen LogP contribution is 2.15. The van der Waals surface area contributed by atoms with Crippen LogP contribution in [0.2, 0.25) is 0 Å². The van der Waals surface area contributed by atoms with Gasteiger partial charge >= 0.3 is 0 Å². The van der Waals surface area contributed by atoms with E-state index in [0.29, 0.717) is 6.54 Å². The highest BCUT2D eigenvalue weighted by Gasteiger charge is 2.02. The minimum Gasteiger partial charge on any atom is -0.385 e. The summed E-state index contributed by atoms with van der Waals surface area (Å²) in [5, 5.41) is 22.0. The van der Waals surface area contributed by atoms with Crippen LogP contribution in [0.3, 0.4) is 0 Å². The summed E-state index contributed by atoms with van der Waals surface area (Å²) in [4.78, 5) is 10.1. The molecular weight excluding hydrogens is 280 g/mol. The maximum absolute atomic E-state index is 10.5. The van der Waals surface area contributed by atoms with Crippen LogP contribution in [0, 0.1) is 10.1 Å². The normalized spacial score (nSPS) is 10.7. The van der Waals surface area contributed by atoms with Gasteiger partial charge in [0.2, 0.25) is 0 Å². The molecule has 114 valence electrons. The van der Waals surface area contributed by atoms with Gasteiger partial charge in [-0.15, -0.1) is 0 Å². The Labute approximate surface area is 129 Å². The third-order valence-corrected chi connectivity index (χ3v) is 3.03. The van der Waals surface area contributed by atoms with Gasteiger partial charge in [0, 0.05) is 24.4 Å². The maximum Gasteiger partial charge on any atom is 0.269 e. The second-order valence-corrected chi connectivity index (χ2v) is 4.74. The molecule has 2 rings (SSSR count). The van der Waals surface area contributed by atoms with E-state index in [-0.39, 0.29) is 5.69 Å². The Morgan fingerprint density at radius 2 is 1.73 bits per heavy atom. The van der Waals surface area contributed by atoms with E-state index in [2.05, 4.69) is 15.5 Å². The number of nitro groups is 1. The minimum absolute atomic E-state index is 0.104. The Morgan fingerprint density at radius 1 is 1.00 bits per heavy atom. The lowest BCUT2D eigenvalue weighted by molar-refractivity contribution is -0.384. The first-order chi connectivity index (χ1) is 10.8. The molecular formula is C16H18N4O2. The van der Waals surface area contributed by atoms with Gasteiger partial charge < -0.3 is 5.32 Å². The molecule has 22 heavy (non-hydrogen) atoms. The number of non-ortho nitro benzene ring substituents is 1. The van der Waals surface area contributed by atoms with Crippen molar-refractivity contribution in [3.63, 3.8) is 0 Å². The lowest BCUT2D eigenvalue weighted by Gasteiger charge is -2.04. The molecule has 0 aromatic heterocycles. The van der Waals surface area contributed by atoms with E-state index >= 15 is 0 Å². The van der Waals surface area contributed by atoms with Crippen molar-refractivity contribution in [2.45, 2.75) is 12.8 Å². The van der Waals surface area contributed by atoms with Crippen LogP contribution in [0.4, 0.5) is 17.1 Å². The Bertz CT molecular complexity index is 612. The predicted octanol–water partition coefficient (Wildman–Crippen LogP) is 4.57. The number of hydrogen-bond donors (Lipinski definition) is 1. The van der Waals surface area contributed by atoms with Gasteiger partial charge in [-0.2, -0.15) is 10.2 Å². The zero-order valence-corrected chi connectivity index (χ0v) is 12.2. The van der Waals surface area contributed by atoms with Crippen molar-refractivity contribution in [3.05, 3.63) is 64.7 Å². The number of unbranched alkanes of at least 4 members (excludes halogenated alkanes) is 1. The van der Waals surface area contributed by atoms with Gasteiger partial charge in [-0.05, 0) is 37.1 Å². The second-order valence-electron chi connectivity index (χ2n) is 4.74. The molecule has 1 N–H and O–H groups in total. The van der Waals surface area contributed by atoms with Crippen molar-refractivity contribution in [3.8, 4) is 0 Å².